The first-order chi connectivity index (χ1) is 16.3. The number of benzene rings is 2. The summed E-state index contributed by atoms with van der Waals surface area (Å²) in [6.45, 7) is 7.94. The van der Waals surface area contributed by atoms with Crippen molar-refractivity contribution in [2.45, 2.75) is 37.9 Å². The van der Waals surface area contributed by atoms with Gasteiger partial charge in [-0.15, -0.1) is 11.6 Å². The molecule has 1 heterocycles. The van der Waals surface area contributed by atoms with Gasteiger partial charge in [-0.25, -0.2) is 0 Å². The Bertz CT molecular complexity index is 893. The second-order valence-corrected chi connectivity index (χ2v) is 11.5. The Labute approximate surface area is 220 Å². The first-order valence-electron chi connectivity index (χ1n) is 11.7. The van der Waals surface area contributed by atoms with Gasteiger partial charge in [0.05, 0.1) is 16.5 Å². The van der Waals surface area contributed by atoms with Gasteiger partial charge in [-0.05, 0) is 57.7 Å². The lowest BCUT2D eigenvalue weighted by molar-refractivity contribution is 0.0888. The Morgan fingerprint density at radius 1 is 1.00 bits per heavy atom. The van der Waals surface area contributed by atoms with Crippen LogP contribution in [0, 0.1) is 0 Å². The number of aliphatic hydroxyl groups is 2. The average Bonchev–Trinajstić information content (AvgIpc) is 2.86. The number of thioether (sulfide) groups is 1. The van der Waals surface area contributed by atoms with Crippen molar-refractivity contribution in [3.8, 4) is 11.5 Å². The van der Waals surface area contributed by atoms with E-state index in [1.54, 1.807) is 0 Å². The zero-order valence-electron chi connectivity index (χ0n) is 19.9. The van der Waals surface area contributed by atoms with Gasteiger partial charge in [0.1, 0.15) is 30.8 Å². The third kappa shape index (κ3) is 8.04. The van der Waals surface area contributed by atoms with Gasteiger partial charge in [-0.1, -0.05) is 32.0 Å². The van der Waals surface area contributed by atoms with Crippen molar-refractivity contribution >= 4 is 39.3 Å². The molecule has 1 saturated heterocycles. The predicted molar refractivity (Wildman–Crippen MR) is 145 cm³/mol. The largest absolute Gasteiger partial charge is 0.491 e. The summed E-state index contributed by atoms with van der Waals surface area (Å²) in [5.41, 5.74) is 2.05. The molecule has 34 heavy (non-hydrogen) atoms. The average molecular weight is 573 g/mol. The van der Waals surface area contributed by atoms with Crippen LogP contribution >= 0.6 is 39.3 Å². The second-order valence-electron chi connectivity index (χ2n) is 9.12. The van der Waals surface area contributed by atoms with Crippen molar-refractivity contribution in [1.29, 1.82) is 0 Å². The molecule has 8 heteroatoms. The van der Waals surface area contributed by atoms with Crippen LogP contribution in [0.1, 0.15) is 31.4 Å². The molecule has 0 bridgehead atoms. The summed E-state index contributed by atoms with van der Waals surface area (Å²) in [5.74, 6) is 3.94. The van der Waals surface area contributed by atoms with Crippen LogP contribution in [0.5, 0.6) is 11.5 Å². The number of hydrogen-bond acceptors (Lipinski definition) is 6. The van der Waals surface area contributed by atoms with Crippen LogP contribution < -0.4 is 9.47 Å². The molecule has 3 rings (SSSR count). The molecule has 1 aliphatic heterocycles. The molecule has 0 aromatic heterocycles. The molecule has 0 amide bonds. The van der Waals surface area contributed by atoms with E-state index in [-0.39, 0.29) is 17.9 Å². The zero-order chi connectivity index (χ0) is 24.6. The SMILES string of the molecule is CC(C)(c1ccc(OC[C@@H](O)CCN2CCSCC2)cc1)c1ccc(OC[C@H](O)CCl)c(Br)c1. The Balaban J connectivity index is 1.53. The fourth-order valence-corrected chi connectivity index (χ4v) is 5.36. The summed E-state index contributed by atoms with van der Waals surface area (Å²) in [5, 5.41) is 19.9. The standard InChI is InChI=1S/C26H35BrClNO4S/c1-26(2,20-5-8-25(24(27)15-20)33-18-22(31)16-28)19-3-6-23(7-4-19)32-17-21(30)9-10-29-11-13-34-14-12-29/h3-8,15,21-22,30-31H,9-14,16-18H2,1-2H3/t21-,22+/m0/s1. The number of alkyl halides is 1. The summed E-state index contributed by atoms with van der Waals surface area (Å²) in [4.78, 5) is 2.41. The number of halogens is 2. The third-order valence-electron chi connectivity index (χ3n) is 6.16. The monoisotopic (exact) mass is 571 g/mol. The third-order valence-corrected chi connectivity index (χ3v) is 8.08. The maximum atomic E-state index is 10.3. The number of nitrogens with zero attached hydrogens (tertiary/aromatic N) is 1. The van der Waals surface area contributed by atoms with E-state index < -0.39 is 12.2 Å². The molecule has 0 aliphatic carbocycles. The van der Waals surface area contributed by atoms with Gasteiger partial charge in [0.15, 0.2) is 0 Å². The number of hydrogen-bond donors (Lipinski definition) is 2. The lowest BCUT2D eigenvalue weighted by Gasteiger charge is -2.27. The quantitative estimate of drug-likeness (QED) is 0.352. The van der Waals surface area contributed by atoms with E-state index in [9.17, 15) is 10.2 Å². The molecule has 0 spiro atoms. The van der Waals surface area contributed by atoms with E-state index >= 15 is 0 Å². The molecule has 188 valence electrons. The summed E-state index contributed by atoms with van der Waals surface area (Å²) in [6, 6.07) is 14.1. The Morgan fingerprint density at radius 2 is 1.65 bits per heavy atom. The maximum Gasteiger partial charge on any atom is 0.133 e. The van der Waals surface area contributed by atoms with Gasteiger partial charge in [-0.2, -0.15) is 11.8 Å². The molecule has 2 N–H and O–H groups in total. The van der Waals surface area contributed by atoms with Gasteiger partial charge in [0.2, 0.25) is 0 Å². The minimum atomic E-state index is -0.694. The Hall–Kier alpha value is -0.960. The molecule has 1 aliphatic rings. The van der Waals surface area contributed by atoms with Crippen LogP contribution in [0.3, 0.4) is 0 Å². The fraction of sp³-hybridized carbons (Fsp3) is 0.538. The molecule has 2 atom stereocenters. The Kier molecular flexibility index (Phi) is 10.9. The summed E-state index contributed by atoms with van der Waals surface area (Å²) in [6.07, 6.45) is -0.426. The summed E-state index contributed by atoms with van der Waals surface area (Å²) >= 11 is 11.2. The van der Waals surface area contributed by atoms with Crippen molar-refractivity contribution in [1.82, 2.24) is 4.90 Å². The molecule has 2 aromatic rings. The smallest absolute Gasteiger partial charge is 0.133 e. The van der Waals surface area contributed by atoms with Crippen molar-refractivity contribution in [2.75, 3.05) is 50.2 Å². The molecular weight excluding hydrogens is 538 g/mol. The molecular formula is C26H35BrClNO4S. The summed E-state index contributed by atoms with van der Waals surface area (Å²) < 4.78 is 12.3. The van der Waals surface area contributed by atoms with Gasteiger partial charge >= 0.3 is 0 Å². The molecule has 0 radical (unpaired) electrons. The van der Waals surface area contributed by atoms with Gasteiger partial charge in [-0.3, -0.25) is 0 Å². The highest BCUT2D eigenvalue weighted by atomic mass is 79.9. The van der Waals surface area contributed by atoms with Crippen molar-refractivity contribution in [3.63, 3.8) is 0 Å². The van der Waals surface area contributed by atoms with E-state index in [4.69, 9.17) is 21.1 Å². The van der Waals surface area contributed by atoms with E-state index in [2.05, 4.69) is 46.8 Å². The molecule has 5 nitrogen and oxygen atoms in total. The topological polar surface area (TPSA) is 62.2 Å². The number of ether oxygens (including phenoxy) is 2. The van der Waals surface area contributed by atoms with Crippen LogP contribution in [-0.2, 0) is 5.41 Å². The van der Waals surface area contributed by atoms with Crippen LogP contribution in [0.15, 0.2) is 46.9 Å². The van der Waals surface area contributed by atoms with E-state index in [1.807, 2.05) is 42.1 Å². The first-order valence-corrected chi connectivity index (χ1v) is 14.2. The van der Waals surface area contributed by atoms with Crippen molar-refractivity contribution < 1.29 is 19.7 Å². The Morgan fingerprint density at radius 3 is 2.29 bits per heavy atom. The molecule has 0 saturated carbocycles. The van der Waals surface area contributed by atoms with Gasteiger partial charge in [0, 0.05) is 36.6 Å². The highest BCUT2D eigenvalue weighted by Crippen LogP contribution is 2.36. The van der Waals surface area contributed by atoms with E-state index in [0.29, 0.717) is 12.4 Å². The summed E-state index contributed by atoms with van der Waals surface area (Å²) in [7, 11) is 0. The number of aliphatic hydroxyl groups excluding tert-OH is 2. The zero-order valence-corrected chi connectivity index (χ0v) is 23.0. The van der Waals surface area contributed by atoms with E-state index in [1.165, 1.54) is 11.5 Å². The van der Waals surface area contributed by atoms with Gasteiger partial charge in [0.25, 0.3) is 0 Å². The van der Waals surface area contributed by atoms with Crippen LogP contribution in [-0.4, -0.2) is 77.6 Å². The fourth-order valence-electron chi connectivity index (χ4n) is 3.80. The minimum absolute atomic E-state index is 0.138. The normalized spacial score (nSPS) is 16.8. The lowest BCUT2D eigenvalue weighted by Crippen LogP contribution is -2.35. The van der Waals surface area contributed by atoms with Crippen LogP contribution in [0.2, 0.25) is 0 Å². The molecule has 2 aromatic carbocycles. The minimum Gasteiger partial charge on any atom is -0.491 e. The molecule has 0 unspecified atom stereocenters. The first kappa shape index (κ1) is 27.6. The highest BCUT2D eigenvalue weighted by Gasteiger charge is 2.24. The second kappa shape index (κ2) is 13.4. The van der Waals surface area contributed by atoms with Crippen molar-refractivity contribution in [3.05, 3.63) is 58.1 Å². The maximum absolute atomic E-state index is 10.3. The number of rotatable bonds is 12. The van der Waals surface area contributed by atoms with E-state index in [0.717, 1.165) is 47.4 Å². The van der Waals surface area contributed by atoms with Gasteiger partial charge < -0.3 is 24.6 Å². The predicted octanol–water partition coefficient (Wildman–Crippen LogP) is 4.93. The van der Waals surface area contributed by atoms with Crippen molar-refractivity contribution in [2.24, 2.45) is 0 Å². The highest BCUT2D eigenvalue weighted by molar-refractivity contribution is 9.10. The van der Waals surface area contributed by atoms with Crippen LogP contribution in [0.25, 0.3) is 0 Å². The van der Waals surface area contributed by atoms with Crippen LogP contribution in [0.4, 0.5) is 0 Å². The lowest BCUT2D eigenvalue weighted by atomic mass is 9.78. The molecule has 1 fully saturated rings.